The van der Waals surface area contributed by atoms with E-state index in [0.29, 0.717) is 35.5 Å². The summed E-state index contributed by atoms with van der Waals surface area (Å²) in [6.45, 7) is 12.0. The number of fused-ring (bicyclic) bond motifs is 5. The minimum absolute atomic E-state index is 0.0362. The highest BCUT2D eigenvalue weighted by Gasteiger charge is 2.68. The van der Waals surface area contributed by atoms with E-state index in [9.17, 15) is 10.2 Å². The molecule has 0 spiro atoms. The van der Waals surface area contributed by atoms with E-state index in [4.69, 9.17) is 4.74 Å². The molecule has 10 atom stereocenters. The first-order valence-electron chi connectivity index (χ1n) is 13.2. The van der Waals surface area contributed by atoms with Gasteiger partial charge in [0.05, 0.1) is 12.2 Å². The molecule has 2 N–H and O–H groups in total. The molecule has 0 aromatic heterocycles. The van der Waals surface area contributed by atoms with Gasteiger partial charge in [-0.2, -0.15) is 0 Å². The van der Waals surface area contributed by atoms with Crippen LogP contribution in [0.15, 0.2) is 12.2 Å². The Bertz CT molecular complexity index is 673. The minimum atomic E-state index is -0.579. The molecule has 4 saturated carbocycles. The molecule has 3 nitrogen and oxygen atoms in total. The van der Waals surface area contributed by atoms with E-state index >= 15 is 0 Å². The lowest BCUT2D eigenvalue weighted by Crippen LogP contribution is -2.69. The van der Waals surface area contributed by atoms with Crippen molar-refractivity contribution >= 4 is 0 Å². The van der Waals surface area contributed by atoms with Crippen molar-refractivity contribution in [2.24, 2.45) is 46.3 Å². The van der Waals surface area contributed by atoms with E-state index in [1.807, 2.05) is 0 Å². The fourth-order valence-corrected chi connectivity index (χ4v) is 9.29. The number of hydrogen-bond donors (Lipinski definition) is 2. The average molecular weight is 433 g/mol. The van der Waals surface area contributed by atoms with Crippen LogP contribution in [0.1, 0.15) is 92.4 Å². The molecule has 4 aliphatic rings. The molecular weight excluding hydrogens is 384 g/mol. The van der Waals surface area contributed by atoms with E-state index in [2.05, 4.69) is 46.8 Å². The maximum atomic E-state index is 11.5. The highest BCUT2D eigenvalue weighted by Crippen LogP contribution is 2.69. The highest BCUT2D eigenvalue weighted by atomic mass is 16.5. The quantitative estimate of drug-likeness (QED) is 0.525. The highest BCUT2D eigenvalue weighted by molar-refractivity contribution is 5.18. The summed E-state index contributed by atoms with van der Waals surface area (Å²) in [5, 5.41) is 21.9. The fraction of sp³-hybridized carbons (Fsp3) is 0.929. The van der Waals surface area contributed by atoms with Crippen molar-refractivity contribution in [3.05, 3.63) is 12.2 Å². The Hall–Kier alpha value is -0.380. The summed E-state index contributed by atoms with van der Waals surface area (Å²) in [6.07, 6.45) is 13.8. The van der Waals surface area contributed by atoms with Crippen LogP contribution in [-0.2, 0) is 4.74 Å². The zero-order valence-corrected chi connectivity index (χ0v) is 20.9. The first-order valence-corrected chi connectivity index (χ1v) is 13.2. The van der Waals surface area contributed by atoms with Crippen LogP contribution in [0, 0.1) is 46.3 Å². The van der Waals surface area contributed by atoms with Crippen molar-refractivity contribution in [3.8, 4) is 0 Å². The monoisotopic (exact) mass is 432 g/mol. The minimum Gasteiger partial charge on any atom is -0.393 e. The Morgan fingerprint density at radius 2 is 1.74 bits per heavy atom. The third kappa shape index (κ3) is 3.56. The third-order valence-electron chi connectivity index (χ3n) is 10.9. The molecule has 4 rings (SSSR count). The summed E-state index contributed by atoms with van der Waals surface area (Å²) in [5.41, 5.74) is -0.226. The summed E-state index contributed by atoms with van der Waals surface area (Å²) in [7, 11) is 1.77. The molecule has 0 bridgehead atoms. The van der Waals surface area contributed by atoms with Crippen LogP contribution < -0.4 is 0 Å². The van der Waals surface area contributed by atoms with Crippen molar-refractivity contribution in [1.82, 2.24) is 0 Å². The van der Waals surface area contributed by atoms with Crippen LogP contribution in [-0.4, -0.2) is 35.1 Å². The van der Waals surface area contributed by atoms with Crippen molar-refractivity contribution < 1.29 is 14.9 Å². The van der Waals surface area contributed by atoms with Crippen LogP contribution in [0.25, 0.3) is 0 Å². The van der Waals surface area contributed by atoms with Gasteiger partial charge in [0.25, 0.3) is 0 Å². The fourth-order valence-electron chi connectivity index (χ4n) is 9.29. The Morgan fingerprint density at radius 3 is 2.42 bits per heavy atom. The van der Waals surface area contributed by atoms with Crippen molar-refractivity contribution in [1.29, 1.82) is 0 Å². The molecule has 0 heterocycles. The van der Waals surface area contributed by atoms with Crippen molar-refractivity contribution in [2.45, 2.75) is 110 Å². The van der Waals surface area contributed by atoms with Gasteiger partial charge in [0.1, 0.15) is 5.60 Å². The molecule has 3 heteroatoms. The summed E-state index contributed by atoms with van der Waals surface area (Å²) >= 11 is 0. The van der Waals surface area contributed by atoms with Crippen LogP contribution in [0.3, 0.4) is 0 Å². The molecular formula is C28H48O3. The molecule has 0 radical (unpaired) electrons. The number of ether oxygens (including phenoxy) is 1. The molecule has 4 fully saturated rings. The Labute approximate surface area is 191 Å². The van der Waals surface area contributed by atoms with Crippen LogP contribution in [0.2, 0.25) is 0 Å². The SMILES string of the molecule is CO[C@]12C[C@@H](O)CC[C@]1(C)C1CC[C@@]3(C)C(CC[C@@H]3[C@H](C)/C=C/CC(C)C)C1C[C@H]2O. The van der Waals surface area contributed by atoms with Gasteiger partial charge in [0.2, 0.25) is 0 Å². The molecule has 178 valence electrons. The number of rotatable bonds is 5. The van der Waals surface area contributed by atoms with Gasteiger partial charge in [0, 0.05) is 18.9 Å². The second kappa shape index (κ2) is 8.44. The number of aliphatic hydroxyl groups excluding tert-OH is 2. The summed E-state index contributed by atoms with van der Waals surface area (Å²) < 4.78 is 6.16. The van der Waals surface area contributed by atoms with Gasteiger partial charge in [-0.25, -0.2) is 0 Å². The van der Waals surface area contributed by atoms with Crippen LogP contribution >= 0.6 is 0 Å². The van der Waals surface area contributed by atoms with Gasteiger partial charge in [-0.05, 0) is 92.3 Å². The second-order valence-corrected chi connectivity index (χ2v) is 12.7. The maximum absolute atomic E-state index is 11.5. The number of aliphatic hydroxyl groups is 2. The topological polar surface area (TPSA) is 49.7 Å². The van der Waals surface area contributed by atoms with E-state index in [1.165, 1.54) is 32.1 Å². The standard InChI is InChI=1S/C28H48O3/c1-18(2)8-7-9-19(3)22-10-11-23-21-16-25(30)28(31-6)17-20(29)12-15-27(28,5)24(21)13-14-26(22,23)4/h7,9,18-25,29-30H,8,10-17H2,1-6H3/b9-7+/t19-,20+,21?,22-,23?,24?,25-,26-,27-,28+/m1/s1. The van der Waals surface area contributed by atoms with E-state index in [1.54, 1.807) is 7.11 Å². The largest absolute Gasteiger partial charge is 0.393 e. The first kappa shape index (κ1) is 23.8. The zero-order valence-electron chi connectivity index (χ0n) is 20.9. The lowest BCUT2D eigenvalue weighted by molar-refractivity contribution is -0.275. The van der Waals surface area contributed by atoms with Gasteiger partial charge in [-0.1, -0.05) is 46.8 Å². The number of methoxy groups -OCH3 is 1. The lowest BCUT2D eigenvalue weighted by atomic mass is 9.42. The summed E-state index contributed by atoms with van der Waals surface area (Å²) in [5.74, 6) is 4.03. The Balaban J connectivity index is 1.58. The second-order valence-electron chi connectivity index (χ2n) is 12.7. The molecule has 4 aliphatic carbocycles. The smallest absolute Gasteiger partial charge is 0.102 e. The van der Waals surface area contributed by atoms with E-state index in [0.717, 1.165) is 31.1 Å². The number of hydrogen-bond acceptors (Lipinski definition) is 3. The third-order valence-corrected chi connectivity index (χ3v) is 10.9. The number of allylic oxidation sites excluding steroid dienone is 2. The molecule has 3 unspecified atom stereocenters. The normalized spacial score (nSPS) is 50.9. The van der Waals surface area contributed by atoms with Gasteiger partial charge in [-0.3, -0.25) is 0 Å². The average Bonchev–Trinajstić information content (AvgIpc) is 3.06. The van der Waals surface area contributed by atoms with Crippen LogP contribution in [0.5, 0.6) is 0 Å². The van der Waals surface area contributed by atoms with Crippen LogP contribution in [0.4, 0.5) is 0 Å². The van der Waals surface area contributed by atoms with E-state index < -0.39 is 11.7 Å². The summed E-state index contributed by atoms with van der Waals surface area (Å²) in [6, 6.07) is 0. The molecule has 0 aromatic carbocycles. The van der Waals surface area contributed by atoms with Crippen molar-refractivity contribution in [2.75, 3.05) is 7.11 Å². The molecule has 0 saturated heterocycles. The summed E-state index contributed by atoms with van der Waals surface area (Å²) in [4.78, 5) is 0. The maximum Gasteiger partial charge on any atom is 0.102 e. The van der Waals surface area contributed by atoms with Crippen molar-refractivity contribution in [3.63, 3.8) is 0 Å². The molecule has 0 amide bonds. The lowest BCUT2D eigenvalue weighted by Gasteiger charge is -2.66. The molecule has 0 aromatic rings. The first-order chi connectivity index (χ1) is 14.6. The predicted molar refractivity (Wildman–Crippen MR) is 127 cm³/mol. The van der Waals surface area contributed by atoms with Gasteiger partial charge < -0.3 is 14.9 Å². The molecule has 31 heavy (non-hydrogen) atoms. The zero-order chi connectivity index (χ0) is 22.6. The molecule has 0 aliphatic heterocycles. The van der Waals surface area contributed by atoms with Gasteiger partial charge >= 0.3 is 0 Å². The van der Waals surface area contributed by atoms with Gasteiger partial charge in [-0.15, -0.1) is 0 Å². The van der Waals surface area contributed by atoms with Gasteiger partial charge in [0.15, 0.2) is 0 Å². The Kier molecular flexibility index (Phi) is 6.47. The Morgan fingerprint density at radius 1 is 1.00 bits per heavy atom. The van der Waals surface area contributed by atoms with E-state index in [-0.39, 0.29) is 11.5 Å². The predicted octanol–water partition coefficient (Wildman–Crippen LogP) is 5.98.